The average Bonchev–Trinajstić information content (AvgIpc) is 2.92. The Balaban J connectivity index is 1.72. The van der Waals surface area contributed by atoms with Crippen molar-refractivity contribution in [1.29, 1.82) is 0 Å². The molecule has 4 heteroatoms. The highest BCUT2D eigenvalue weighted by atomic mass is 32.1. The molecule has 0 amide bonds. The Labute approximate surface area is 75.4 Å². The molecule has 0 bridgehead atoms. The highest BCUT2D eigenvalue weighted by molar-refractivity contribution is 7.09. The highest BCUT2D eigenvalue weighted by Gasteiger charge is 2.29. The van der Waals surface area contributed by atoms with Gasteiger partial charge in [0.05, 0.1) is 0 Å². The Bertz CT molecular complexity index is 288. The van der Waals surface area contributed by atoms with Crippen molar-refractivity contribution in [3.05, 3.63) is 5.82 Å². The lowest BCUT2D eigenvalue weighted by Gasteiger charge is -1.94. The third kappa shape index (κ3) is 1.31. The number of anilines is 1. The minimum absolute atomic E-state index is 0.691. The fraction of sp³-hybridized carbons (Fsp3) is 0.750. The van der Waals surface area contributed by atoms with E-state index in [9.17, 15) is 0 Å². The Morgan fingerprint density at radius 2 is 2.08 bits per heavy atom. The molecule has 64 valence electrons. The van der Waals surface area contributed by atoms with Gasteiger partial charge in [-0.1, -0.05) is 0 Å². The molecule has 0 aliphatic heterocycles. The summed E-state index contributed by atoms with van der Waals surface area (Å²) in [5, 5.41) is 4.39. The molecular weight excluding hydrogens is 170 g/mol. The van der Waals surface area contributed by atoms with Crippen LogP contribution >= 0.6 is 11.5 Å². The largest absolute Gasteiger partial charge is 0.358 e. The quantitative estimate of drug-likeness (QED) is 0.775. The smallest absolute Gasteiger partial charge is 0.202 e. The summed E-state index contributed by atoms with van der Waals surface area (Å²) >= 11 is 1.51. The van der Waals surface area contributed by atoms with Crippen molar-refractivity contribution in [2.24, 2.45) is 0 Å². The van der Waals surface area contributed by atoms with Crippen molar-refractivity contribution in [2.45, 2.75) is 37.6 Å². The van der Waals surface area contributed by atoms with E-state index in [-0.39, 0.29) is 0 Å². The van der Waals surface area contributed by atoms with Crippen molar-refractivity contribution in [3.63, 3.8) is 0 Å². The molecule has 3 nitrogen and oxygen atoms in total. The molecule has 1 aromatic heterocycles. The summed E-state index contributed by atoms with van der Waals surface area (Å²) in [7, 11) is 0. The molecular formula is C8H11N3S. The average molecular weight is 181 g/mol. The van der Waals surface area contributed by atoms with Crippen LogP contribution in [0.1, 0.15) is 37.4 Å². The van der Waals surface area contributed by atoms with E-state index < -0.39 is 0 Å². The molecule has 1 heterocycles. The van der Waals surface area contributed by atoms with Gasteiger partial charge in [-0.25, -0.2) is 4.98 Å². The highest BCUT2D eigenvalue weighted by Crippen LogP contribution is 2.39. The lowest BCUT2D eigenvalue weighted by atomic mass is 10.4. The van der Waals surface area contributed by atoms with E-state index in [2.05, 4.69) is 14.7 Å². The molecule has 2 aliphatic rings. The number of aromatic nitrogens is 2. The second kappa shape index (κ2) is 2.42. The van der Waals surface area contributed by atoms with E-state index in [0.717, 1.165) is 11.0 Å². The normalized spacial score (nSPS) is 22.7. The fourth-order valence-electron chi connectivity index (χ4n) is 1.20. The molecule has 0 radical (unpaired) electrons. The second-order valence-electron chi connectivity index (χ2n) is 3.65. The van der Waals surface area contributed by atoms with Crippen LogP contribution in [0.3, 0.4) is 0 Å². The van der Waals surface area contributed by atoms with Crippen LogP contribution in [0.5, 0.6) is 0 Å². The van der Waals surface area contributed by atoms with Gasteiger partial charge in [0.2, 0.25) is 5.13 Å². The van der Waals surface area contributed by atoms with Crippen LogP contribution in [-0.2, 0) is 0 Å². The van der Waals surface area contributed by atoms with Crippen LogP contribution in [0.15, 0.2) is 0 Å². The maximum absolute atomic E-state index is 4.45. The SMILES string of the molecule is C1CC1Nc1nc(C2CC2)ns1. The van der Waals surface area contributed by atoms with Crippen LogP contribution in [0.25, 0.3) is 0 Å². The van der Waals surface area contributed by atoms with E-state index in [0.29, 0.717) is 12.0 Å². The van der Waals surface area contributed by atoms with E-state index in [1.165, 1.54) is 37.2 Å². The lowest BCUT2D eigenvalue weighted by Crippen LogP contribution is -1.99. The Morgan fingerprint density at radius 3 is 2.75 bits per heavy atom. The van der Waals surface area contributed by atoms with Gasteiger partial charge in [-0.05, 0) is 25.7 Å². The maximum Gasteiger partial charge on any atom is 0.202 e. The predicted octanol–water partition coefficient (Wildman–Crippen LogP) is 1.99. The van der Waals surface area contributed by atoms with Gasteiger partial charge in [0.25, 0.3) is 0 Å². The molecule has 0 aromatic carbocycles. The zero-order valence-electron chi connectivity index (χ0n) is 6.79. The summed E-state index contributed by atoms with van der Waals surface area (Å²) in [6.45, 7) is 0. The first kappa shape index (κ1) is 6.83. The first-order chi connectivity index (χ1) is 5.92. The molecule has 2 aliphatic carbocycles. The van der Waals surface area contributed by atoms with Crippen LogP contribution in [0.2, 0.25) is 0 Å². The summed E-state index contributed by atoms with van der Waals surface area (Å²) in [6, 6.07) is 0.699. The van der Waals surface area contributed by atoms with Crippen molar-refractivity contribution in [1.82, 2.24) is 9.36 Å². The molecule has 1 aromatic rings. The third-order valence-corrected chi connectivity index (χ3v) is 2.95. The summed E-state index contributed by atoms with van der Waals surface area (Å²) in [5.74, 6) is 1.76. The topological polar surface area (TPSA) is 37.8 Å². The predicted molar refractivity (Wildman–Crippen MR) is 48.5 cm³/mol. The maximum atomic E-state index is 4.45. The molecule has 1 N–H and O–H groups in total. The number of hydrogen-bond donors (Lipinski definition) is 1. The van der Waals surface area contributed by atoms with Crippen molar-refractivity contribution in [2.75, 3.05) is 5.32 Å². The van der Waals surface area contributed by atoms with Gasteiger partial charge in [0, 0.05) is 23.5 Å². The van der Waals surface area contributed by atoms with Crippen LogP contribution in [-0.4, -0.2) is 15.4 Å². The van der Waals surface area contributed by atoms with Gasteiger partial charge < -0.3 is 5.32 Å². The molecule has 12 heavy (non-hydrogen) atoms. The first-order valence-electron chi connectivity index (χ1n) is 4.52. The Hall–Kier alpha value is -0.640. The van der Waals surface area contributed by atoms with Gasteiger partial charge in [-0.2, -0.15) is 4.37 Å². The molecule has 0 unspecified atom stereocenters. The number of hydrogen-bond acceptors (Lipinski definition) is 4. The molecule has 0 atom stereocenters. The summed E-state index contributed by atoms with van der Waals surface area (Å²) < 4.78 is 4.33. The monoisotopic (exact) mass is 181 g/mol. The molecule has 2 fully saturated rings. The minimum atomic E-state index is 0.691. The third-order valence-electron chi connectivity index (χ3n) is 2.29. The van der Waals surface area contributed by atoms with Crippen LogP contribution in [0.4, 0.5) is 5.13 Å². The van der Waals surface area contributed by atoms with Crippen LogP contribution < -0.4 is 5.32 Å². The summed E-state index contributed by atoms with van der Waals surface area (Å²) in [6.07, 6.45) is 5.19. The minimum Gasteiger partial charge on any atom is -0.358 e. The van der Waals surface area contributed by atoms with E-state index in [4.69, 9.17) is 0 Å². The zero-order valence-corrected chi connectivity index (χ0v) is 7.60. The summed E-state index contributed by atoms with van der Waals surface area (Å²) in [4.78, 5) is 4.45. The lowest BCUT2D eigenvalue weighted by molar-refractivity contribution is 0.979. The zero-order chi connectivity index (χ0) is 7.97. The van der Waals surface area contributed by atoms with Gasteiger partial charge in [-0.15, -0.1) is 0 Å². The standard InChI is InChI=1S/C8H11N3S/c1-2-5(1)7-10-8(12-11-7)9-6-3-4-6/h5-6H,1-4H2,(H,9,10,11). The van der Waals surface area contributed by atoms with Gasteiger partial charge in [0.15, 0.2) is 0 Å². The molecule has 0 saturated heterocycles. The van der Waals surface area contributed by atoms with Gasteiger partial charge >= 0.3 is 0 Å². The summed E-state index contributed by atoms with van der Waals surface area (Å²) in [5.41, 5.74) is 0. The van der Waals surface area contributed by atoms with Gasteiger partial charge in [-0.3, -0.25) is 0 Å². The van der Waals surface area contributed by atoms with Crippen molar-refractivity contribution >= 4 is 16.7 Å². The Kier molecular flexibility index (Phi) is 1.38. The van der Waals surface area contributed by atoms with Crippen LogP contribution in [0, 0.1) is 0 Å². The van der Waals surface area contributed by atoms with Crippen molar-refractivity contribution < 1.29 is 0 Å². The van der Waals surface area contributed by atoms with Crippen molar-refractivity contribution in [3.8, 4) is 0 Å². The number of nitrogens with one attached hydrogen (secondary N) is 1. The fourth-order valence-corrected chi connectivity index (χ4v) is 1.93. The van der Waals surface area contributed by atoms with Gasteiger partial charge in [0.1, 0.15) is 5.82 Å². The molecule has 3 rings (SSSR count). The first-order valence-corrected chi connectivity index (χ1v) is 5.29. The molecule has 2 saturated carbocycles. The van der Waals surface area contributed by atoms with E-state index in [1.54, 1.807) is 0 Å². The van der Waals surface area contributed by atoms with E-state index >= 15 is 0 Å². The van der Waals surface area contributed by atoms with E-state index in [1.807, 2.05) is 0 Å². The Morgan fingerprint density at radius 1 is 1.25 bits per heavy atom. The number of rotatable bonds is 3. The molecule has 0 spiro atoms. The number of nitrogens with zero attached hydrogens (tertiary/aromatic N) is 2. The second-order valence-corrected chi connectivity index (χ2v) is 4.40.